The van der Waals surface area contributed by atoms with Crippen LogP contribution >= 0.6 is 11.8 Å². The molecular weight excluding hydrogens is 262 g/mol. The van der Waals surface area contributed by atoms with E-state index in [0.717, 1.165) is 12.2 Å². The summed E-state index contributed by atoms with van der Waals surface area (Å²) in [6.45, 7) is 4.28. The van der Waals surface area contributed by atoms with E-state index in [2.05, 4.69) is 68.4 Å². The van der Waals surface area contributed by atoms with Crippen molar-refractivity contribution in [1.82, 2.24) is 0 Å². The minimum atomic E-state index is 0.200. The first-order valence-electron chi connectivity index (χ1n) is 7.18. The van der Waals surface area contributed by atoms with Gasteiger partial charge in [0.2, 0.25) is 0 Å². The molecular formula is C18H23NS. The van der Waals surface area contributed by atoms with E-state index in [1.165, 1.54) is 16.7 Å². The van der Waals surface area contributed by atoms with Gasteiger partial charge in [-0.05, 0) is 24.5 Å². The number of benzene rings is 2. The van der Waals surface area contributed by atoms with E-state index in [0.29, 0.717) is 5.25 Å². The number of hydrogen-bond donors (Lipinski definition) is 1. The number of hydrogen-bond acceptors (Lipinski definition) is 2. The standard InChI is InChI=1S/C18H23NS/c1-3-17(19)18(16-11-9-14(2)10-12-16)20-13-15-7-5-4-6-8-15/h4-12,17-18H,3,13,19H2,1-2H3. The van der Waals surface area contributed by atoms with Crippen LogP contribution in [0.15, 0.2) is 54.6 Å². The molecule has 20 heavy (non-hydrogen) atoms. The number of thioether (sulfide) groups is 1. The highest BCUT2D eigenvalue weighted by Crippen LogP contribution is 2.34. The topological polar surface area (TPSA) is 26.0 Å². The lowest BCUT2D eigenvalue weighted by Gasteiger charge is -2.23. The molecule has 2 heteroatoms. The second kappa shape index (κ2) is 7.51. The van der Waals surface area contributed by atoms with Crippen molar-refractivity contribution in [3.63, 3.8) is 0 Å². The summed E-state index contributed by atoms with van der Waals surface area (Å²) in [4.78, 5) is 0. The highest BCUT2D eigenvalue weighted by Gasteiger charge is 2.18. The summed E-state index contributed by atoms with van der Waals surface area (Å²) in [6, 6.07) is 19.6. The zero-order valence-electron chi connectivity index (χ0n) is 12.3. The lowest BCUT2D eigenvalue weighted by Crippen LogP contribution is -2.25. The minimum absolute atomic E-state index is 0.200. The lowest BCUT2D eigenvalue weighted by atomic mass is 10.0. The fourth-order valence-electron chi connectivity index (χ4n) is 2.20. The summed E-state index contributed by atoms with van der Waals surface area (Å²) in [6.07, 6.45) is 1.00. The Kier molecular flexibility index (Phi) is 5.69. The van der Waals surface area contributed by atoms with E-state index in [1.54, 1.807) is 0 Å². The van der Waals surface area contributed by atoms with Gasteiger partial charge in [-0.2, -0.15) is 0 Å². The first-order valence-corrected chi connectivity index (χ1v) is 8.23. The molecule has 0 aliphatic heterocycles. The second-order valence-corrected chi connectivity index (χ2v) is 6.33. The van der Waals surface area contributed by atoms with Gasteiger partial charge in [-0.25, -0.2) is 0 Å². The Balaban J connectivity index is 2.10. The predicted octanol–water partition coefficient (Wildman–Crippen LogP) is 4.71. The average molecular weight is 285 g/mol. The zero-order valence-corrected chi connectivity index (χ0v) is 13.1. The highest BCUT2D eigenvalue weighted by molar-refractivity contribution is 7.98. The number of nitrogens with two attached hydrogens (primary N) is 1. The molecule has 0 amide bonds. The Morgan fingerprint density at radius 1 is 1.00 bits per heavy atom. The van der Waals surface area contributed by atoms with E-state index >= 15 is 0 Å². The van der Waals surface area contributed by atoms with Gasteiger partial charge >= 0.3 is 0 Å². The van der Waals surface area contributed by atoms with Crippen LogP contribution in [0.4, 0.5) is 0 Å². The van der Waals surface area contributed by atoms with Crippen molar-refractivity contribution in [2.45, 2.75) is 37.3 Å². The van der Waals surface area contributed by atoms with E-state index < -0.39 is 0 Å². The van der Waals surface area contributed by atoms with Crippen molar-refractivity contribution in [3.05, 3.63) is 71.3 Å². The van der Waals surface area contributed by atoms with Crippen LogP contribution in [-0.4, -0.2) is 6.04 Å². The van der Waals surface area contributed by atoms with Crippen LogP contribution in [0.3, 0.4) is 0 Å². The van der Waals surface area contributed by atoms with Gasteiger partial charge in [-0.15, -0.1) is 11.8 Å². The minimum Gasteiger partial charge on any atom is -0.326 e. The first-order chi connectivity index (χ1) is 9.70. The van der Waals surface area contributed by atoms with E-state index in [-0.39, 0.29) is 6.04 Å². The third kappa shape index (κ3) is 4.12. The molecule has 106 valence electrons. The van der Waals surface area contributed by atoms with Crippen LogP contribution in [0.5, 0.6) is 0 Å². The highest BCUT2D eigenvalue weighted by atomic mass is 32.2. The van der Waals surface area contributed by atoms with Gasteiger partial charge in [0.1, 0.15) is 0 Å². The van der Waals surface area contributed by atoms with Gasteiger partial charge in [0.25, 0.3) is 0 Å². The van der Waals surface area contributed by atoms with Gasteiger partial charge < -0.3 is 5.73 Å². The lowest BCUT2D eigenvalue weighted by molar-refractivity contribution is 0.634. The Labute approximate surface area is 126 Å². The Morgan fingerprint density at radius 2 is 1.65 bits per heavy atom. The maximum absolute atomic E-state index is 6.33. The van der Waals surface area contributed by atoms with Crippen LogP contribution < -0.4 is 5.73 Å². The predicted molar refractivity (Wildman–Crippen MR) is 89.9 cm³/mol. The summed E-state index contributed by atoms with van der Waals surface area (Å²) in [5.74, 6) is 1.01. The monoisotopic (exact) mass is 285 g/mol. The first kappa shape index (κ1) is 15.1. The maximum Gasteiger partial charge on any atom is 0.0451 e. The smallest absolute Gasteiger partial charge is 0.0451 e. The van der Waals surface area contributed by atoms with Crippen LogP contribution in [0.1, 0.15) is 35.3 Å². The fraction of sp³-hybridized carbons (Fsp3) is 0.333. The van der Waals surface area contributed by atoms with Crippen LogP contribution in [0.2, 0.25) is 0 Å². The molecule has 0 aliphatic carbocycles. The van der Waals surface area contributed by atoms with Gasteiger partial charge in [-0.1, -0.05) is 67.1 Å². The number of rotatable bonds is 6. The quantitative estimate of drug-likeness (QED) is 0.832. The molecule has 0 aliphatic rings. The van der Waals surface area contributed by atoms with E-state index in [9.17, 15) is 0 Å². The Bertz CT molecular complexity index is 507. The summed E-state index contributed by atoms with van der Waals surface area (Å²) in [5, 5.41) is 0.362. The summed E-state index contributed by atoms with van der Waals surface area (Å²) in [5.41, 5.74) is 10.3. The maximum atomic E-state index is 6.33. The molecule has 1 nitrogen and oxygen atoms in total. The molecule has 0 fully saturated rings. The molecule has 2 unspecified atom stereocenters. The molecule has 0 aromatic heterocycles. The summed E-state index contributed by atoms with van der Waals surface area (Å²) >= 11 is 1.94. The Morgan fingerprint density at radius 3 is 2.25 bits per heavy atom. The molecule has 0 bridgehead atoms. The van der Waals surface area contributed by atoms with Crippen LogP contribution in [0, 0.1) is 6.92 Å². The third-order valence-corrected chi connectivity index (χ3v) is 5.02. The van der Waals surface area contributed by atoms with Crippen molar-refractivity contribution >= 4 is 11.8 Å². The molecule has 0 saturated heterocycles. The van der Waals surface area contributed by atoms with Crippen molar-refractivity contribution in [1.29, 1.82) is 0 Å². The molecule has 2 atom stereocenters. The molecule has 0 saturated carbocycles. The van der Waals surface area contributed by atoms with Crippen LogP contribution in [-0.2, 0) is 5.75 Å². The normalized spacial score (nSPS) is 13.9. The van der Waals surface area contributed by atoms with E-state index in [1.807, 2.05) is 11.8 Å². The fourth-order valence-corrected chi connectivity index (χ4v) is 3.55. The summed E-state index contributed by atoms with van der Waals surface area (Å²) in [7, 11) is 0. The largest absolute Gasteiger partial charge is 0.326 e. The van der Waals surface area contributed by atoms with Crippen molar-refractivity contribution in [2.75, 3.05) is 0 Å². The molecule has 0 heterocycles. The zero-order chi connectivity index (χ0) is 14.4. The SMILES string of the molecule is CCC(N)C(SCc1ccccc1)c1ccc(C)cc1. The molecule has 2 aromatic rings. The van der Waals surface area contributed by atoms with Gasteiger partial charge in [0.15, 0.2) is 0 Å². The van der Waals surface area contributed by atoms with Crippen molar-refractivity contribution < 1.29 is 0 Å². The summed E-state index contributed by atoms with van der Waals surface area (Å²) < 4.78 is 0. The van der Waals surface area contributed by atoms with Gasteiger partial charge in [0, 0.05) is 17.0 Å². The molecule has 2 rings (SSSR count). The van der Waals surface area contributed by atoms with E-state index in [4.69, 9.17) is 5.73 Å². The molecule has 2 N–H and O–H groups in total. The van der Waals surface area contributed by atoms with Crippen molar-refractivity contribution in [2.24, 2.45) is 5.73 Å². The second-order valence-electron chi connectivity index (χ2n) is 5.20. The van der Waals surface area contributed by atoms with Gasteiger partial charge in [-0.3, -0.25) is 0 Å². The van der Waals surface area contributed by atoms with Crippen molar-refractivity contribution in [3.8, 4) is 0 Å². The third-order valence-electron chi connectivity index (χ3n) is 3.54. The number of aryl methyl sites for hydroxylation is 1. The molecule has 0 spiro atoms. The Hall–Kier alpha value is -1.25. The molecule has 0 radical (unpaired) electrons. The average Bonchev–Trinajstić information content (AvgIpc) is 2.50. The van der Waals surface area contributed by atoms with Gasteiger partial charge in [0.05, 0.1) is 0 Å². The van der Waals surface area contributed by atoms with Crippen LogP contribution in [0.25, 0.3) is 0 Å². The molecule has 2 aromatic carbocycles.